The van der Waals surface area contributed by atoms with Gasteiger partial charge in [0.15, 0.2) is 5.84 Å². The van der Waals surface area contributed by atoms with Crippen LogP contribution >= 0.6 is 0 Å². The first-order valence-electron chi connectivity index (χ1n) is 9.85. The van der Waals surface area contributed by atoms with Crippen LogP contribution in [0.3, 0.4) is 0 Å². The normalized spacial score (nSPS) is 11.6. The molecule has 0 aliphatic carbocycles. The van der Waals surface area contributed by atoms with Gasteiger partial charge in [0.25, 0.3) is 0 Å². The predicted octanol–water partition coefficient (Wildman–Crippen LogP) is 4.87. The van der Waals surface area contributed by atoms with Gasteiger partial charge in [0.1, 0.15) is 12.1 Å². The average molecular weight is 424 g/mol. The molecule has 1 heterocycles. The number of amidine groups is 1. The number of ether oxygens (including phenoxy) is 1. The molecule has 0 atom stereocenters. The van der Waals surface area contributed by atoms with Crippen molar-refractivity contribution in [3.63, 3.8) is 0 Å². The van der Waals surface area contributed by atoms with E-state index < -0.39 is 6.09 Å². The van der Waals surface area contributed by atoms with Crippen molar-refractivity contribution >= 4 is 11.9 Å². The molecule has 4 aromatic rings. The maximum absolute atomic E-state index is 12.3. The summed E-state index contributed by atoms with van der Waals surface area (Å²) < 4.78 is 6.60. The first-order valence-corrected chi connectivity index (χ1v) is 9.85. The summed E-state index contributed by atoms with van der Waals surface area (Å²) in [5.74, 6) is 0.687. The standard InChI is InChI=1S/C24H20N6O2/c25-23(28-29-27-15-18-8-3-1-4-9-18)20-11-7-10-19(14-20)22-16-30(17-26-22)24(31)32-21-12-5-2-6-13-21/h1-14,16-17H,15H2,(H2,25,27,28). The van der Waals surface area contributed by atoms with Crippen LogP contribution in [0.2, 0.25) is 0 Å². The van der Waals surface area contributed by atoms with Crippen LogP contribution in [0.25, 0.3) is 11.3 Å². The van der Waals surface area contributed by atoms with Crippen LogP contribution in [0.15, 0.2) is 113 Å². The van der Waals surface area contributed by atoms with Gasteiger partial charge < -0.3 is 10.5 Å². The van der Waals surface area contributed by atoms with Crippen LogP contribution in [0.1, 0.15) is 11.1 Å². The number of imidazole rings is 1. The van der Waals surface area contributed by atoms with E-state index in [1.54, 1.807) is 30.5 Å². The molecule has 2 N–H and O–H groups in total. The molecule has 0 saturated carbocycles. The third-order valence-corrected chi connectivity index (χ3v) is 4.51. The van der Waals surface area contributed by atoms with Gasteiger partial charge in [-0.2, -0.15) is 5.11 Å². The van der Waals surface area contributed by atoms with E-state index in [-0.39, 0.29) is 5.84 Å². The average Bonchev–Trinajstić information content (AvgIpc) is 3.34. The second-order valence-corrected chi connectivity index (χ2v) is 6.79. The summed E-state index contributed by atoms with van der Waals surface area (Å²) in [5.41, 5.74) is 9.13. The molecule has 0 aliphatic rings. The molecule has 3 aromatic carbocycles. The lowest BCUT2D eigenvalue weighted by molar-refractivity contribution is 0.202. The third kappa shape index (κ3) is 5.31. The molecule has 0 unspecified atom stereocenters. The van der Waals surface area contributed by atoms with Crippen molar-refractivity contribution in [3.8, 4) is 17.0 Å². The molecule has 158 valence electrons. The zero-order valence-corrected chi connectivity index (χ0v) is 17.1. The number of aromatic nitrogens is 2. The molecule has 1 aromatic heterocycles. The van der Waals surface area contributed by atoms with Crippen LogP contribution in [0.4, 0.5) is 4.79 Å². The molecule has 4 rings (SSSR count). The van der Waals surface area contributed by atoms with Crippen LogP contribution in [-0.4, -0.2) is 21.5 Å². The summed E-state index contributed by atoms with van der Waals surface area (Å²) >= 11 is 0. The molecule has 0 radical (unpaired) electrons. The summed E-state index contributed by atoms with van der Waals surface area (Å²) in [5, 5.41) is 11.8. The Hall–Kier alpha value is -4.59. The second kappa shape index (κ2) is 9.94. The fourth-order valence-electron chi connectivity index (χ4n) is 2.89. The van der Waals surface area contributed by atoms with Gasteiger partial charge in [0.05, 0.1) is 12.2 Å². The molecule has 8 heteroatoms. The summed E-state index contributed by atoms with van der Waals surface area (Å²) in [4.78, 5) is 16.6. The molecule has 0 bridgehead atoms. The van der Waals surface area contributed by atoms with Gasteiger partial charge in [0, 0.05) is 17.3 Å². The lowest BCUT2D eigenvalue weighted by Crippen LogP contribution is -2.14. The number of rotatable bonds is 6. The van der Waals surface area contributed by atoms with Crippen molar-refractivity contribution in [1.29, 1.82) is 0 Å². The fraction of sp³-hybridized carbons (Fsp3) is 0.0417. The van der Waals surface area contributed by atoms with Gasteiger partial charge in [-0.1, -0.05) is 66.7 Å². The Morgan fingerprint density at radius 2 is 1.72 bits per heavy atom. The zero-order chi connectivity index (χ0) is 22.2. The van der Waals surface area contributed by atoms with Gasteiger partial charge in [-0.25, -0.2) is 14.3 Å². The number of nitrogens with two attached hydrogens (primary N) is 1. The highest BCUT2D eigenvalue weighted by Crippen LogP contribution is 2.19. The highest BCUT2D eigenvalue weighted by Gasteiger charge is 2.11. The molecule has 0 amide bonds. The third-order valence-electron chi connectivity index (χ3n) is 4.51. The van der Waals surface area contributed by atoms with Gasteiger partial charge in [-0.3, -0.25) is 0 Å². The van der Waals surface area contributed by atoms with E-state index in [0.29, 0.717) is 23.6 Å². The van der Waals surface area contributed by atoms with Crippen molar-refractivity contribution in [3.05, 3.63) is 109 Å². The highest BCUT2D eigenvalue weighted by atomic mass is 16.6. The van der Waals surface area contributed by atoms with E-state index in [4.69, 9.17) is 10.5 Å². The summed E-state index contributed by atoms with van der Waals surface area (Å²) in [7, 11) is 0. The Balaban J connectivity index is 1.44. The topological polar surface area (TPSA) is 107 Å². The summed E-state index contributed by atoms with van der Waals surface area (Å²) in [6, 6.07) is 25.9. The van der Waals surface area contributed by atoms with Crippen molar-refractivity contribution in [2.45, 2.75) is 6.54 Å². The van der Waals surface area contributed by atoms with Crippen molar-refractivity contribution < 1.29 is 9.53 Å². The van der Waals surface area contributed by atoms with Gasteiger partial charge >= 0.3 is 6.09 Å². The van der Waals surface area contributed by atoms with E-state index in [0.717, 1.165) is 11.1 Å². The van der Waals surface area contributed by atoms with Gasteiger partial charge in [0.2, 0.25) is 0 Å². The van der Waals surface area contributed by atoms with Crippen molar-refractivity contribution in [2.75, 3.05) is 0 Å². The first kappa shape index (κ1) is 20.7. The fourth-order valence-corrected chi connectivity index (χ4v) is 2.89. The number of para-hydroxylation sites is 1. The van der Waals surface area contributed by atoms with Crippen LogP contribution in [-0.2, 0) is 6.54 Å². The maximum atomic E-state index is 12.3. The minimum Gasteiger partial charge on any atom is -0.410 e. The largest absolute Gasteiger partial charge is 0.424 e. The van der Waals surface area contributed by atoms with Crippen LogP contribution in [0, 0.1) is 0 Å². The van der Waals surface area contributed by atoms with E-state index >= 15 is 0 Å². The van der Waals surface area contributed by atoms with E-state index in [1.165, 1.54) is 10.9 Å². The van der Waals surface area contributed by atoms with E-state index in [9.17, 15) is 4.79 Å². The Bertz CT molecular complexity index is 1250. The molecular weight excluding hydrogens is 404 g/mol. The quantitative estimate of drug-likeness (QED) is 0.206. The monoisotopic (exact) mass is 424 g/mol. The van der Waals surface area contributed by atoms with Crippen LogP contribution < -0.4 is 10.5 Å². The van der Waals surface area contributed by atoms with Gasteiger partial charge in [-0.15, -0.1) is 5.10 Å². The number of hydrogen-bond donors (Lipinski definition) is 1. The Kier molecular flexibility index (Phi) is 6.42. The molecule has 0 saturated heterocycles. The maximum Gasteiger partial charge on any atom is 0.424 e. The Morgan fingerprint density at radius 1 is 0.969 bits per heavy atom. The SMILES string of the molecule is N/C(=N\N=NCc1ccccc1)c1cccc(-c2cn(C(=O)Oc3ccccc3)cn2)c1. The predicted molar refractivity (Wildman–Crippen MR) is 121 cm³/mol. The number of nitrogens with zero attached hydrogens (tertiary/aromatic N) is 5. The van der Waals surface area contributed by atoms with E-state index in [2.05, 4.69) is 20.4 Å². The minimum absolute atomic E-state index is 0.228. The molecule has 0 spiro atoms. The molecule has 32 heavy (non-hydrogen) atoms. The Labute approximate surface area is 184 Å². The Morgan fingerprint density at radius 3 is 2.50 bits per heavy atom. The lowest BCUT2D eigenvalue weighted by Gasteiger charge is -2.03. The summed E-state index contributed by atoms with van der Waals surface area (Å²) in [6.07, 6.45) is 2.45. The smallest absolute Gasteiger partial charge is 0.410 e. The number of carbonyl (C=O) groups excluding carboxylic acids is 1. The second-order valence-electron chi connectivity index (χ2n) is 6.79. The molecule has 8 nitrogen and oxygen atoms in total. The van der Waals surface area contributed by atoms with Gasteiger partial charge in [-0.05, 0) is 29.0 Å². The van der Waals surface area contributed by atoms with E-state index in [1.807, 2.05) is 60.7 Å². The minimum atomic E-state index is -0.550. The molecular formula is C24H20N6O2. The first-order chi connectivity index (χ1) is 15.7. The highest BCUT2D eigenvalue weighted by molar-refractivity contribution is 5.98. The lowest BCUT2D eigenvalue weighted by atomic mass is 10.1. The van der Waals surface area contributed by atoms with Crippen molar-refractivity contribution in [2.24, 2.45) is 21.2 Å². The molecule has 0 aliphatic heterocycles. The molecule has 0 fully saturated rings. The number of carbonyl (C=O) groups is 1. The summed E-state index contributed by atoms with van der Waals surface area (Å²) in [6.45, 7) is 0.425. The van der Waals surface area contributed by atoms with Crippen LogP contribution in [0.5, 0.6) is 5.75 Å². The zero-order valence-electron chi connectivity index (χ0n) is 17.1. The number of hydrogen-bond acceptors (Lipinski definition) is 5. The number of benzene rings is 3. The van der Waals surface area contributed by atoms with Crippen molar-refractivity contribution in [1.82, 2.24) is 9.55 Å².